The summed E-state index contributed by atoms with van der Waals surface area (Å²) in [4.78, 5) is 28.4. The quantitative estimate of drug-likeness (QED) is 0.508. The Kier molecular flexibility index (Phi) is 8.61. The molecule has 6 heteroatoms. The van der Waals surface area contributed by atoms with Gasteiger partial charge in [-0.2, -0.15) is 0 Å². The van der Waals surface area contributed by atoms with Gasteiger partial charge < -0.3 is 10.2 Å². The SMILES string of the molecule is CC[C@@H](C(=O)NC1CCCC1)N(Cc1c(Cl)cccc1Cl)C(=O)Cc1cc(C)cc(C)c1. The van der Waals surface area contributed by atoms with Crippen LogP contribution in [0.3, 0.4) is 0 Å². The van der Waals surface area contributed by atoms with Crippen molar-refractivity contribution in [3.63, 3.8) is 0 Å². The van der Waals surface area contributed by atoms with Gasteiger partial charge in [0.2, 0.25) is 11.8 Å². The summed E-state index contributed by atoms with van der Waals surface area (Å²) >= 11 is 12.8. The molecule has 1 aliphatic carbocycles. The lowest BCUT2D eigenvalue weighted by molar-refractivity contribution is -0.141. The van der Waals surface area contributed by atoms with Crippen LogP contribution >= 0.6 is 23.2 Å². The number of halogens is 2. The van der Waals surface area contributed by atoms with E-state index in [2.05, 4.69) is 11.4 Å². The highest BCUT2D eigenvalue weighted by molar-refractivity contribution is 6.36. The van der Waals surface area contributed by atoms with E-state index in [9.17, 15) is 9.59 Å². The highest BCUT2D eigenvalue weighted by Gasteiger charge is 2.31. The Morgan fingerprint density at radius 3 is 2.22 bits per heavy atom. The fourth-order valence-electron chi connectivity index (χ4n) is 4.59. The highest BCUT2D eigenvalue weighted by atomic mass is 35.5. The molecule has 0 heterocycles. The molecule has 0 unspecified atom stereocenters. The molecular weight excluding hydrogens is 443 g/mol. The zero-order chi connectivity index (χ0) is 23.3. The number of aryl methyl sites for hydroxylation is 2. The van der Waals surface area contributed by atoms with Crippen LogP contribution in [0.15, 0.2) is 36.4 Å². The van der Waals surface area contributed by atoms with Gasteiger partial charge in [-0.25, -0.2) is 0 Å². The summed E-state index contributed by atoms with van der Waals surface area (Å²) in [6, 6.07) is 11.0. The van der Waals surface area contributed by atoms with E-state index >= 15 is 0 Å². The summed E-state index contributed by atoms with van der Waals surface area (Å²) in [5.74, 6) is -0.212. The van der Waals surface area contributed by atoms with Gasteiger partial charge in [0.05, 0.1) is 6.42 Å². The van der Waals surface area contributed by atoms with Crippen molar-refractivity contribution in [1.82, 2.24) is 10.2 Å². The summed E-state index contributed by atoms with van der Waals surface area (Å²) in [5.41, 5.74) is 3.82. The molecule has 1 aliphatic rings. The maximum absolute atomic E-state index is 13.6. The minimum atomic E-state index is -0.582. The van der Waals surface area contributed by atoms with Crippen LogP contribution in [0, 0.1) is 13.8 Å². The number of carbonyl (C=O) groups excluding carboxylic acids is 2. The molecule has 172 valence electrons. The molecule has 32 heavy (non-hydrogen) atoms. The van der Waals surface area contributed by atoms with Gasteiger partial charge in [-0.3, -0.25) is 9.59 Å². The molecule has 1 fully saturated rings. The van der Waals surface area contributed by atoms with Gasteiger partial charge in [-0.1, -0.05) is 78.4 Å². The molecule has 4 nitrogen and oxygen atoms in total. The average Bonchev–Trinajstić information content (AvgIpc) is 3.22. The maximum atomic E-state index is 13.6. The first-order valence-corrected chi connectivity index (χ1v) is 12.1. The summed E-state index contributed by atoms with van der Waals surface area (Å²) < 4.78 is 0. The molecule has 0 bridgehead atoms. The van der Waals surface area contributed by atoms with E-state index in [-0.39, 0.29) is 30.8 Å². The minimum absolute atomic E-state index is 0.101. The number of hydrogen-bond acceptors (Lipinski definition) is 2. The van der Waals surface area contributed by atoms with E-state index in [0.29, 0.717) is 22.0 Å². The van der Waals surface area contributed by atoms with Gasteiger partial charge in [0.25, 0.3) is 0 Å². The van der Waals surface area contributed by atoms with Crippen molar-refractivity contribution >= 4 is 35.0 Å². The zero-order valence-corrected chi connectivity index (χ0v) is 20.6. The van der Waals surface area contributed by atoms with E-state index in [1.165, 1.54) is 0 Å². The summed E-state index contributed by atoms with van der Waals surface area (Å²) in [6.45, 7) is 6.17. The van der Waals surface area contributed by atoms with Crippen LogP contribution in [0.5, 0.6) is 0 Å². The van der Waals surface area contributed by atoms with Crippen molar-refractivity contribution in [3.8, 4) is 0 Å². The predicted molar refractivity (Wildman–Crippen MR) is 131 cm³/mol. The second-order valence-corrected chi connectivity index (χ2v) is 9.62. The second kappa shape index (κ2) is 11.2. The van der Waals surface area contributed by atoms with E-state index in [1.54, 1.807) is 23.1 Å². The Bertz CT molecular complexity index is 930. The van der Waals surface area contributed by atoms with E-state index in [1.807, 2.05) is 32.9 Å². The highest BCUT2D eigenvalue weighted by Crippen LogP contribution is 2.28. The predicted octanol–water partition coefficient (Wildman–Crippen LogP) is 6.02. The molecule has 2 amide bonds. The van der Waals surface area contributed by atoms with E-state index in [0.717, 1.165) is 42.4 Å². The van der Waals surface area contributed by atoms with Crippen LogP contribution in [0.1, 0.15) is 61.3 Å². The molecule has 1 N–H and O–H groups in total. The number of amides is 2. The molecule has 1 saturated carbocycles. The normalized spacial score (nSPS) is 14.9. The third kappa shape index (κ3) is 6.26. The zero-order valence-electron chi connectivity index (χ0n) is 19.1. The molecule has 0 aliphatic heterocycles. The van der Waals surface area contributed by atoms with Gasteiger partial charge in [-0.15, -0.1) is 0 Å². The number of nitrogens with one attached hydrogen (secondary N) is 1. The molecular formula is C26H32Cl2N2O2. The fourth-order valence-corrected chi connectivity index (χ4v) is 5.10. The molecule has 1 atom stereocenters. The van der Waals surface area contributed by atoms with E-state index in [4.69, 9.17) is 23.2 Å². The standard InChI is InChI=1S/C26H32Cl2N2O2/c1-4-24(26(32)29-20-8-5-6-9-20)30(16-21-22(27)10-7-11-23(21)28)25(31)15-19-13-17(2)12-18(3)14-19/h7,10-14,20,24H,4-6,8-9,15-16H2,1-3H3,(H,29,32)/t24-/m0/s1. The van der Waals surface area contributed by atoms with Crippen molar-refractivity contribution in [3.05, 3.63) is 68.7 Å². The Balaban J connectivity index is 1.89. The van der Waals surface area contributed by atoms with Crippen molar-refractivity contribution in [2.45, 2.75) is 77.9 Å². The fraction of sp³-hybridized carbons (Fsp3) is 0.462. The van der Waals surface area contributed by atoms with Gasteiger partial charge in [0, 0.05) is 28.2 Å². The molecule has 2 aromatic carbocycles. The molecule has 0 radical (unpaired) electrons. The van der Waals surface area contributed by atoms with Crippen LogP contribution in [0.2, 0.25) is 10.0 Å². The number of benzene rings is 2. The van der Waals surface area contributed by atoms with Crippen LogP contribution < -0.4 is 5.32 Å². The number of hydrogen-bond donors (Lipinski definition) is 1. The molecule has 0 saturated heterocycles. The maximum Gasteiger partial charge on any atom is 0.243 e. The largest absolute Gasteiger partial charge is 0.352 e. The second-order valence-electron chi connectivity index (χ2n) is 8.81. The molecule has 0 aromatic heterocycles. The van der Waals surface area contributed by atoms with Crippen molar-refractivity contribution in [2.24, 2.45) is 0 Å². The van der Waals surface area contributed by atoms with Gasteiger partial charge in [0.1, 0.15) is 6.04 Å². The van der Waals surface area contributed by atoms with Crippen LogP contribution in [-0.2, 0) is 22.6 Å². The molecule has 0 spiro atoms. The van der Waals surface area contributed by atoms with Gasteiger partial charge in [0.15, 0.2) is 0 Å². The summed E-state index contributed by atoms with van der Waals surface area (Å²) in [7, 11) is 0. The molecule has 2 aromatic rings. The summed E-state index contributed by atoms with van der Waals surface area (Å²) in [5, 5.41) is 4.15. The number of carbonyl (C=O) groups is 2. The Labute approximate surface area is 201 Å². The van der Waals surface area contributed by atoms with Crippen molar-refractivity contribution in [1.29, 1.82) is 0 Å². The lowest BCUT2D eigenvalue weighted by Crippen LogP contribution is -2.51. The monoisotopic (exact) mass is 474 g/mol. The number of nitrogens with zero attached hydrogens (tertiary/aromatic N) is 1. The third-order valence-corrected chi connectivity index (χ3v) is 6.82. The number of rotatable bonds is 8. The lowest BCUT2D eigenvalue weighted by atomic mass is 10.0. The average molecular weight is 475 g/mol. The van der Waals surface area contributed by atoms with Crippen molar-refractivity contribution < 1.29 is 9.59 Å². The molecule has 3 rings (SSSR count). The Morgan fingerprint density at radius 1 is 1.06 bits per heavy atom. The smallest absolute Gasteiger partial charge is 0.243 e. The van der Waals surface area contributed by atoms with E-state index < -0.39 is 6.04 Å². The first-order valence-electron chi connectivity index (χ1n) is 11.4. The van der Waals surface area contributed by atoms with Gasteiger partial charge in [-0.05, 0) is 50.8 Å². The van der Waals surface area contributed by atoms with Crippen LogP contribution in [0.4, 0.5) is 0 Å². The van der Waals surface area contributed by atoms with Crippen molar-refractivity contribution in [2.75, 3.05) is 0 Å². The Morgan fingerprint density at radius 2 is 1.66 bits per heavy atom. The third-order valence-electron chi connectivity index (χ3n) is 6.11. The lowest BCUT2D eigenvalue weighted by Gasteiger charge is -2.32. The Hall–Kier alpha value is -2.04. The first kappa shape index (κ1) is 24.6. The summed E-state index contributed by atoms with van der Waals surface area (Å²) in [6.07, 6.45) is 4.99. The van der Waals surface area contributed by atoms with Crippen LogP contribution in [-0.4, -0.2) is 28.8 Å². The van der Waals surface area contributed by atoms with Crippen LogP contribution in [0.25, 0.3) is 0 Å². The van der Waals surface area contributed by atoms with Gasteiger partial charge >= 0.3 is 0 Å². The minimum Gasteiger partial charge on any atom is -0.352 e. The topological polar surface area (TPSA) is 49.4 Å². The first-order chi connectivity index (χ1) is 15.3.